The molecule has 0 heterocycles. The second-order valence-corrected chi connectivity index (χ2v) is 16.2. The first-order chi connectivity index (χ1) is 26.4. The van der Waals surface area contributed by atoms with Crippen molar-refractivity contribution in [3.63, 3.8) is 0 Å². The monoisotopic (exact) mass is 822 g/mol. The molecule has 0 fully saturated rings. The third kappa shape index (κ3) is 40.1. The van der Waals surface area contributed by atoms with Crippen LogP contribution in [0, 0.1) is 0 Å². The SMILES string of the molecule is CC/C=C\C/C=C\C/C=C\CCCCCCCC(=O)OC[C@H](COP(=O)(O)OC[C@@H](O)COP(=O)(O)O)OC(=O)CCCCCCC/C=C\CCCCCC. The van der Waals surface area contributed by atoms with Crippen molar-refractivity contribution >= 4 is 27.6 Å². The number of hydrogen-bond donors (Lipinski definition) is 4. The largest absolute Gasteiger partial charge is 0.472 e. The first kappa shape index (κ1) is 53.1. The Hall–Kier alpha value is -1.92. The van der Waals surface area contributed by atoms with Crippen molar-refractivity contribution in [2.45, 2.75) is 167 Å². The highest BCUT2D eigenvalue weighted by Gasteiger charge is 2.28. The zero-order valence-electron chi connectivity index (χ0n) is 33.5. The molecular formula is C40H72O13P2. The van der Waals surface area contributed by atoms with Gasteiger partial charge in [-0.25, -0.2) is 9.13 Å². The van der Waals surface area contributed by atoms with Gasteiger partial charge in [-0.2, -0.15) is 0 Å². The maximum atomic E-state index is 12.6. The molecule has 320 valence electrons. The quantitative estimate of drug-likeness (QED) is 0.0199. The molecule has 3 atom stereocenters. The van der Waals surface area contributed by atoms with Gasteiger partial charge >= 0.3 is 27.6 Å². The number of aliphatic hydroxyl groups excluding tert-OH is 1. The molecule has 1 unspecified atom stereocenters. The topological polar surface area (TPSA) is 195 Å². The van der Waals surface area contributed by atoms with E-state index in [9.17, 15) is 28.7 Å². The van der Waals surface area contributed by atoms with Gasteiger partial charge in [0, 0.05) is 12.8 Å². The van der Waals surface area contributed by atoms with Crippen molar-refractivity contribution in [3.8, 4) is 0 Å². The summed E-state index contributed by atoms with van der Waals surface area (Å²) in [6.07, 6.45) is 35.4. The zero-order chi connectivity index (χ0) is 40.9. The summed E-state index contributed by atoms with van der Waals surface area (Å²) in [4.78, 5) is 52.5. The van der Waals surface area contributed by atoms with E-state index in [0.717, 1.165) is 89.9 Å². The number of ether oxygens (including phenoxy) is 2. The Kier molecular flexibility index (Phi) is 35.2. The van der Waals surface area contributed by atoms with Crippen LogP contribution in [0.25, 0.3) is 0 Å². The minimum absolute atomic E-state index is 0.116. The first-order valence-electron chi connectivity index (χ1n) is 20.3. The molecule has 55 heavy (non-hydrogen) atoms. The van der Waals surface area contributed by atoms with E-state index in [0.29, 0.717) is 12.8 Å². The summed E-state index contributed by atoms with van der Waals surface area (Å²) < 4.78 is 47.6. The molecule has 4 N–H and O–H groups in total. The summed E-state index contributed by atoms with van der Waals surface area (Å²) in [5.74, 6) is -1.06. The number of carbonyl (C=O) groups is 2. The Morgan fingerprint density at radius 1 is 0.545 bits per heavy atom. The summed E-state index contributed by atoms with van der Waals surface area (Å²) in [5.41, 5.74) is 0. The van der Waals surface area contributed by atoms with Crippen LogP contribution in [0.3, 0.4) is 0 Å². The van der Waals surface area contributed by atoms with Crippen molar-refractivity contribution in [1.82, 2.24) is 0 Å². The lowest BCUT2D eigenvalue weighted by atomic mass is 10.1. The van der Waals surface area contributed by atoms with Gasteiger partial charge in [-0.15, -0.1) is 0 Å². The number of phosphoric acid groups is 2. The van der Waals surface area contributed by atoms with Crippen LogP contribution >= 0.6 is 15.6 Å². The first-order valence-corrected chi connectivity index (χ1v) is 23.4. The molecule has 0 spiro atoms. The summed E-state index contributed by atoms with van der Waals surface area (Å²) >= 11 is 0. The van der Waals surface area contributed by atoms with E-state index < -0.39 is 66.2 Å². The highest BCUT2D eigenvalue weighted by atomic mass is 31.2. The fraction of sp³-hybridized carbons (Fsp3) is 0.750. The predicted molar refractivity (Wildman–Crippen MR) is 216 cm³/mol. The van der Waals surface area contributed by atoms with Crippen molar-refractivity contribution < 1.29 is 61.6 Å². The Labute approximate surface area is 330 Å². The Balaban J connectivity index is 4.59. The zero-order valence-corrected chi connectivity index (χ0v) is 35.3. The van der Waals surface area contributed by atoms with E-state index in [1.54, 1.807) is 0 Å². The maximum Gasteiger partial charge on any atom is 0.472 e. The average molecular weight is 823 g/mol. The Morgan fingerprint density at radius 3 is 1.56 bits per heavy atom. The smallest absolute Gasteiger partial charge is 0.462 e. The minimum Gasteiger partial charge on any atom is -0.462 e. The van der Waals surface area contributed by atoms with Crippen LogP contribution < -0.4 is 0 Å². The van der Waals surface area contributed by atoms with Crippen LogP contribution in [0.1, 0.15) is 155 Å². The van der Waals surface area contributed by atoms with Gasteiger partial charge in [0.25, 0.3) is 0 Å². The third-order valence-electron chi connectivity index (χ3n) is 8.19. The molecule has 0 radical (unpaired) electrons. The van der Waals surface area contributed by atoms with Gasteiger partial charge in [-0.3, -0.25) is 23.2 Å². The van der Waals surface area contributed by atoms with Crippen molar-refractivity contribution in [3.05, 3.63) is 48.6 Å². The molecule has 0 saturated carbocycles. The molecule has 0 saturated heterocycles. The van der Waals surface area contributed by atoms with Gasteiger partial charge in [0.15, 0.2) is 6.10 Å². The molecule has 13 nitrogen and oxygen atoms in total. The van der Waals surface area contributed by atoms with Gasteiger partial charge in [0.2, 0.25) is 0 Å². The van der Waals surface area contributed by atoms with Crippen molar-refractivity contribution in [1.29, 1.82) is 0 Å². The molecule has 0 aliphatic heterocycles. The van der Waals surface area contributed by atoms with Gasteiger partial charge in [-0.05, 0) is 70.6 Å². The number of hydrogen-bond acceptors (Lipinski definition) is 10. The summed E-state index contributed by atoms with van der Waals surface area (Å²) in [6, 6.07) is 0. The number of aliphatic hydroxyl groups is 1. The van der Waals surface area contributed by atoms with E-state index in [1.807, 2.05) is 0 Å². The normalized spacial score (nSPS) is 14.7. The molecule has 0 aliphatic carbocycles. The van der Waals surface area contributed by atoms with Gasteiger partial charge < -0.3 is 29.3 Å². The second kappa shape index (κ2) is 36.4. The lowest BCUT2D eigenvalue weighted by Gasteiger charge is -2.20. The van der Waals surface area contributed by atoms with Crippen LogP contribution in [0.4, 0.5) is 0 Å². The number of esters is 2. The molecule has 0 aromatic carbocycles. The molecule has 0 rings (SSSR count). The van der Waals surface area contributed by atoms with Gasteiger partial charge in [0.1, 0.15) is 12.7 Å². The number of allylic oxidation sites excluding steroid dienone is 8. The van der Waals surface area contributed by atoms with Crippen LogP contribution in [-0.4, -0.2) is 70.4 Å². The molecule has 0 aromatic rings. The summed E-state index contributed by atoms with van der Waals surface area (Å²) in [5, 5.41) is 9.72. The standard InChI is InChI=1S/C40H72O13P2/c1-3-5-7-9-11-13-15-17-18-20-21-23-25-27-29-31-39(42)49-35-38(36-52-55(47,48)51-34-37(41)33-50-54(44,45)46)53-40(43)32-30-28-26-24-22-19-16-14-12-10-8-6-4-2/h5,7,11,13-14,16-18,37-38,41H,3-4,6,8-10,12,15,19-36H2,1-2H3,(H,47,48)(H2,44,45,46)/b7-5-,13-11-,16-14-,18-17-/t37-,38+/m0/s1. The van der Waals surface area contributed by atoms with Crippen LogP contribution in [0.5, 0.6) is 0 Å². The van der Waals surface area contributed by atoms with Crippen molar-refractivity contribution in [2.24, 2.45) is 0 Å². The summed E-state index contributed by atoms with van der Waals surface area (Å²) in [7, 11) is -9.67. The third-order valence-corrected chi connectivity index (χ3v) is 9.63. The van der Waals surface area contributed by atoms with Crippen LogP contribution in [-0.2, 0) is 41.8 Å². The Morgan fingerprint density at radius 2 is 1.00 bits per heavy atom. The second-order valence-electron chi connectivity index (χ2n) is 13.5. The number of carbonyl (C=O) groups excluding carboxylic acids is 2. The fourth-order valence-corrected chi connectivity index (χ4v) is 6.28. The van der Waals surface area contributed by atoms with E-state index >= 15 is 0 Å². The molecule has 0 bridgehead atoms. The molecule has 0 amide bonds. The summed E-state index contributed by atoms with van der Waals surface area (Å²) in [6.45, 7) is 1.59. The van der Waals surface area contributed by atoms with Gasteiger partial charge in [-0.1, -0.05) is 120 Å². The van der Waals surface area contributed by atoms with Crippen LogP contribution in [0.2, 0.25) is 0 Å². The van der Waals surface area contributed by atoms with E-state index in [2.05, 4.69) is 71.5 Å². The molecule has 0 aromatic heterocycles. The van der Waals surface area contributed by atoms with E-state index in [1.165, 1.54) is 25.7 Å². The highest BCUT2D eigenvalue weighted by molar-refractivity contribution is 7.47. The van der Waals surface area contributed by atoms with Crippen LogP contribution in [0.15, 0.2) is 48.6 Å². The molecule has 15 heteroatoms. The maximum absolute atomic E-state index is 12.6. The van der Waals surface area contributed by atoms with Crippen molar-refractivity contribution in [2.75, 3.05) is 26.4 Å². The minimum atomic E-state index is -4.86. The lowest BCUT2D eigenvalue weighted by Crippen LogP contribution is -2.30. The fourth-order valence-electron chi connectivity index (χ4n) is 5.12. The average Bonchev–Trinajstić information content (AvgIpc) is 3.14. The lowest BCUT2D eigenvalue weighted by molar-refractivity contribution is -0.161. The number of unbranched alkanes of at least 4 members (excludes halogenated alkanes) is 14. The molecule has 0 aliphatic rings. The Bertz CT molecular complexity index is 1170. The van der Waals surface area contributed by atoms with Gasteiger partial charge in [0.05, 0.1) is 19.8 Å². The number of phosphoric ester groups is 2. The highest BCUT2D eigenvalue weighted by Crippen LogP contribution is 2.43. The molecular weight excluding hydrogens is 750 g/mol. The predicted octanol–water partition coefficient (Wildman–Crippen LogP) is 9.89. The van der Waals surface area contributed by atoms with E-state index in [4.69, 9.17) is 23.8 Å². The van der Waals surface area contributed by atoms with E-state index in [-0.39, 0.29) is 12.8 Å². The number of rotatable bonds is 38.